The lowest BCUT2D eigenvalue weighted by Gasteiger charge is -2.20. The number of thioether (sulfide) groups is 1. The molecular weight excluding hydrogens is 356 g/mol. The van der Waals surface area contributed by atoms with Crippen LogP contribution in [0, 0.1) is 0 Å². The minimum atomic E-state index is 0.0281. The first kappa shape index (κ1) is 16.6. The van der Waals surface area contributed by atoms with Gasteiger partial charge in [-0.25, -0.2) is 4.79 Å². The number of fused-ring (bicyclic) bond motifs is 1. The van der Waals surface area contributed by atoms with Crippen LogP contribution < -0.4 is 14.8 Å². The molecule has 0 spiro atoms. The van der Waals surface area contributed by atoms with E-state index in [9.17, 15) is 4.79 Å². The molecule has 1 aromatic carbocycles. The van der Waals surface area contributed by atoms with Crippen LogP contribution in [0.25, 0.3) is 0 Å². The summed E-state index contributed by atoms with van der Waals surface area (Å²) in [7, 11) is 0. The SMILES string of the molecule is O=C(NCc1cccs1)N1CCS[C@@H](c2ccc3c(c2)OCO3)CC1. The number of thiophene rings is 1. The fourth-order valence-electron chi connectivity index (χ4n) is 3.04. The van der Waals surface area contributed by atoms with Gasteiger partial charge in [0.1, 0.15) is 0 Å². The molecule has 5 nitrogen and oxygen atoms in total. The van der Waals surface area contributed by atoms with E-state index in [-0.39, 0.29) is 6.03 Å². The van der Waals surface area contributed by atoms with E-state index in [2.05, 4.69) is 17.4 Å². The van der Waals surface area contributed by atoms with Crippen molar-refractivity contribution in [1.29, 1.82) is 0 Å². The summed E-state index contributed by atoms with van der Waals surface area (Å²) >= 11 is 3.57. The van der Waals surface area contributed by atoms with Gasteiger partial charge in [-0.3, -0.25) is 0 Å². The zero-order valence-corrected chi connectivity index (χ0v) is 15.4. The van der Waals surface area contributed by atoms with Crippen LogP contribution in [-0.2, 0) is 6.54 Å². The van der Waals surface area contributed by atoms with Crippen molar-refractivity contribution in [2.45, 2.75) is 18.2 Å². The quantitative estimate of drug-likeness (QED) is 0.884. The van der Waals surface area contributed by atoms with Crippen LogP contribution in [0.5, 0.6) is 11.5 Å². The molecule has 1 fully saturated rings. The number of carbonyl (C=O) groups is 1. The molecular formula is C18H20N2O3S2. The van der Waals surface area contributed by atoms with Gasteiger partial charge in [-0.05, 0) is 35.6 Å². The molecule has 0 unspecified atom stereocenters. The molecule has 1 N–H and O–H groups in total. The van der Waals surface area contributed by atoms with Crippen LogP contribution in [0.2, 0.25) is 0 Å². The van der Waals surface area contributed by atoms with Crippen LogP contribution in [0.4, 0.5) is 4.79 Å². The number of nitrogens with zero attached hydrogens (tertiary/aromatic N) is 1. The van der Waals surface area contributed by atoms with E-state index in [0.717, 1.165) is 36.8 Å². The molecule has 1 aromatic heterocycles. The van der Waals surface area contributed by atoms with E-state index in [1.165, 1.54) is 10.4 Å². The minimum absolute atomic E-state index is 0.0281. The van der Waals surface area contributed by atoms with Gasteiger partial charge in [-0.15, -0.1) is 11.3 Å². The summed E-state index contributed by atoms with van der Waals surface area (Å²) < 4.78 is 10.9. The van der Waals surface area contributed by atoms with Crippen molar-refractivity contribution in [3.8, 4) is 11.5 Å². The third kappa shape index (κ3) is 3.88. The van der Waals surface area contributed by atoms with Gasteiger partial charge in [0, 0.05) is 29.0 Å². The van der Waals surface area contributed by atoms with Crippen LogP contribution in [0.1, 0.15) is 22.1 Å². The summed E-state index contributed by atoms with van der Waals surface area (Å²) in [6.07, 6.45) is 0.941. The Morgan fingerprint density at radius 2 is 2.16 bits per heavy atom. The van der Waals surface area contributed by atoms with Crippen LogP contribution in [0.3, 0.4) is 0 Å². The van der Waals surface area contributed by atoms with Gasteiger partial charge in [0.25, 0.3) is 0 Å². The highest BCUT2D eigenvalue weighted by Gasteiger charge is 2.23. The molecule has 2 amide bonds. The van der Waals surface area contributed by atoms with Crippen LogP contribution in [-0.4, -0.2) is 36.6 Å². The number of ether oxygens (including phenoxy) is 2. The summed E-state index contributed by atoms with van der Waals surface area (Å²) in [5.41, 5.74) is 1.25. The van der Waals surface area contributed by atoms with Gasteiger partial charge in [-0.2, -0.15) is 11.8 Å². The Morgan fingerprint density at radius 1 is 1.24 bits per heavy atom. The molecule has 4 rings (SSSR count). The standard InChI is InChI=1S/C18H20N2O3S2/c21-18(19-11-14-2-1-8-24-14)20-6-5-17(25-9-7-20)13-3-4-15-16(10-13)23-12-22-15/h1-4,8,10,17H,5-7,9,11-12H2,(H,19,21)/t17-/m1/s1. The molecule has 3 heterocycles. The second-order valence-corrected chi connectivity index (χ2v) is 8.33. The van der Waals surface area contributed by atoms with E-state index in [1.807, 2.05) is 40.2 Å². The normalized spacial score (nSPS) is 19.5. The van der Waals surface area contributed by atoms with Crippen LogP contribution in [0.15, 0.2) is 35.7 Å². The largest absolute Gasteiger partial charge is 0.454 e. The first-order valence-corrected chi connectivity index (χ1v) is 10.3. The molecule has 0 saturated carbocycles. The number of hydrogen-bond donors (Lipinski definition) is 1. The van der Waals surface area contributed by atoms with E-state index in [1.54, 1.807) is 11.3 Å². The van der Waals surface area contributed by atoms with Gasteiger partial charge in [0.2, 0.25) is 6.79 Å². The highest BCUT2D eigenvalue weighted by atomic mass is 32.2. The summed E-state index contributed by atoms with van der Waals surface area (Å²) in [6.45, 7) is 2.45. The van der Waals surface area contributed by atoms with Crippen molar-refractivity contribution in [3.63, 3.8) is 0 Å². The van der Waals surface area contributed by atoms with Crippen molar-refractivity contribution < 1.29 is 14.3 Å². The zero-order valence-electron chi connectivity index (χ0n) is 13.8. The van der Waals surface area contributed by atoms with Crippen molar-refractivity contribution in [2.75, 3.05) is 25.6 Å². The van der Waals surface area contributed by atoms with E-state index < -0.39 is 0 Å². The lowest BCUT2D eigenvalue weighted by molar-refractivity contribution is 0.174. The predicted molar refractivity (Wildman–Crippen MR) is 101 cm³/mol. The molecule has 25 heavy (non-hydrogen) atoms. The van der Waals surface area contributed by atoms with Gasteiger partial charge in [-0.1, -0.05) is 12.1 Å². The maximum atomic E-state index is 12.4. The smallest absolute Gasteiger partial charge is 0.317 e. The third-order valence-corrected chi connectivity index (χ3v) is 6.60. The maximum absolute atomic E-state index is 12.4. The Balaban J connectivity index is 1.34. The molecule has 132 valence electrons. The summed E-state index contributed by atoms with van der Waals surface area (Å²) in [6, 6.07) is 10.2. The van der Waals surface area contributed by atoms with E-state index >= 15 is 0 Å². The van der Waals surface area contributed by atoms with Gasteiger partial charge in [0.05, 0.1) is 6.54 Å². The van der Waals surface area contributed by atoms with Crippen molar-refractivity contribution >= 4 is 29.1 Å². The van der Waals surface area contributed by atoms with Gasteiger partial charge < -0.3 is 19.7 Å². The van der Waals surface area contributed by atoms with E-state index in [0.29, 0.717) is 18.6 Å². The van der Waals surface area contributed by atoms with Gasteiger partial charge >= 0.3 is 6.03 Å². The summed E-state index contributed by atoms with van der Waals surface area (Å²) in [5.74, 6) is 2.58. The highest BCUT2D eigenvalue weighted by Crippen LogP contribution is 2.40. The molecule has 0 bridgehead atoms. The minimum Gasteiger partial charge on any atom is -0.454 e. The van der Waals surface area contributed by atoms with Crippen LogP contribution >= 0.6 is 23.1 Å². The average molecular weight is 377 g/mol. The molecule has 2 aliphatic heterocycles. The number of amides is 2. The first-order chi connectivity index (χ1) is 12.3. The zero-order chi connectivity index (χ0) is 17.1. The second kappa shape index (κ2) is 7.58. The molecule has 1 atom stereocenters. The fraction of sp³-hybridized carbons (Fsp3) is 0.389. The van der Waals surface area contributed by atoms with Crippen molar-refractivity contribution in [3.05, 3.63) is 46.2 Å². The molecule has 0 aliphatic carbocycles. The van der Waals surface area contributed by atoms with Gasteiger partial charge in [0.15, 0.2) is 11.5 Å². The topological polar surface area (TPSA) is 50.8 Å². The number of urea groups is 1. The summed E-state index contributed by atoms with van der Waals surface area (Å²) in [5, 5.41) is 5.43. The Labute approximate surface area is 155 Å². The Morgan fingerprint density at radius 3 is 3.04 bits per heavy atom. The summed E-state index contributed by atoms with van der Waals surface area (Å²) in [4.78, 5) is 15.5. The molecule has 0 radical (unpaired) electrons. The van der Waals surface area contributed by atoms with E-state index in [4.69, 9.17) is 9.47 Å². The second-order valence-electron chi connectivity index (χ2n) is 5.99. The Kier molecular flexibility index (Phi) is 5.03. The number of hydrogen-bond acceptors (Lipinski definition) is 5. The average Bonchev–Trinajstić information content (AvgIpc) is 3.26. The van der Waals surface area contributed by atoms with Crippen molar-refractivity contribution in [1.82, 2.24) is 10.2 Å². The number of carbonyl (C=O) groups excluding carboxylic acids is 1. The predicted octanol–water partition coefficient (Wildman–Crippen LogP) is 3.87. The highest BCUT2D eigenvalue weighted by molar-refractivity contribution is 7.99. The first-order valence-electron chi connectivity index (χ1n) is 8.36. The molecule has 7 heteroatoms. The Hall–Kier alpha value is -1.86. The number of nitrogens with one attached hydrogen (secondary N) is 1. The van der Waals surface area contributed by atoms with Crippen molar-refractivity contribution in [2.24, 2.45) is 0 Å². The monoisotopic (exact) mass is 376 g/mol. The fourth-order valence-corrected chi connectivity index (χ4v) is 4.91. The molecule has 2 aliphatic rings. The number of rotatable bonds is 3. The maximum Gasteiger partial charge on any atom is 0.317 e. The number of benzene rings is 1. The molecule has 1 saturated heterocycles. The lowest BCUT2D eigenvalue weighted by Crippen LogP contribution is -2.40. The lowest BCUT2D eigenvalue weighted by atomic mass is 10.1. The molecule has 2 aromatic rings. The Bertz CT molecular complexity index is 736. The third-order valence-electron chi connectivity index (χ3n) is 4.39.